The average Bonchev–Trinajstić information content (AvgIpc) is 2.68. The number of nitro benzene ring substituents is 1. The Labute approximate surface area is 150 Å². The fraction of sp³-hybridized carbons (Fsp3) is 0.263. The Hall–Kier alpha value is -3.22. The van der Waals surface area contributed by atoms with Crippen LogP contribution in [0, 0.1) is 10.1 Å². The zero-order chi connectivity index (χ0) is 18.5. The van der Waals surface area contributed by atoms with E-state index < -0.39 is 4.92 Å². The van der Waals surface area contributed by atoms with Crippen molar-refractivity contribution >= 4 is 17.9 Å². The van der Waals surface area contributed by atoms with E-state index >= 15 is 0 Å². The zero-order valence-electron chi connectivity index (χ0n) is 14.0. The van der Waals surface area contributed by atoms with E-state index in [9.17, 15) is 19.7 Å². The summed E-state index contributed by atoms with van der Waals surface area (Å²) in [5.74, 6) is 0.325. The minimum atomic E-state index is -0.513. The number of ether oxygens (including phenoxy) is 1. The van der Waals surface area contributed by atoms with Gasteiger partial charge in [-0.25, -0.2) is 0 Å². The lowest BCUT2D eigenvalue weighted by Crippen LogP contribution is -2.41. The lowest BCUT2D eigenvalue weighted by atomic mass is 10.1. The first-order valence-electron chi connectivity index (χ1n) is 8.33. The number of likely N-dealkylation sites (tertiary alicyclic amines) is 1. The first kappa shape index (κ1) is 17.6. The summed E-state index contributed by atoms with van der Waals surface area (Å²) in [5, 5.41) is 10.9. The van der Waals surface area contributed by atoms with Crippen molar-refractivity contribution in [2.75, 3.05) is 13.1 Å². The molecule has 0 saturated carbocycles. The Morgan fingerprint density at radius 2 is 1.88 bits per heavy atom. The number of piperidine rings is 1. The van der Waals surface area contributed by atoms with Gasteiger partial charge in [0.05, 0.1) is 10.5 Å². The van der Waals surface area contributed by atoms with Gasteiger partial charge in [0.15, 0.2) is 6.29 Å². The van der Waals surface area contributed by atoms with Crippen LogP contribution in [-0.4, -0.2) is 41.2 Å². The number of hydrogen-bond donors (Lipinski definition) is 0. The van der Waals surface area contributed by atoms with Gasteiger partial charge in [-0.3, -0.25) is 19.7 Å². The molecule has 1 amide bonds. The van der Waals surface area contributed by atoms with E-state index in [1.54, 1.807) is 29.2 Å². The van der Waals surface area contributed by atoms with Crippen molar-refractivity contribution in [3.63, 3.8) is 0 Å². The summed E-state index contributed by atoms with van der Waals surface area (Å²) in [6, 6.07) is 12.8. The molecule has 1 heterocycles. The molecule has 0 N–H and O–H groups in total. The van der Waals surface area contributed by atoms with Crippen molar-refractivity contribution in [3.05, 3.63) is 69.8 Å². The van der Waals surface area contributed by atoms with E-state index in [0.29, 0.717) is 42.8 Å². The molecule has 1 fully saturated rings. The molecule has 0 bridgehead atoms. The summed E-state index contributed by atoms with van der Waals surface area (Å²) < 4.78 is 5.90. The highest BCUT2D eigenvalue weighted by Crippen LogP contribution is 2.23. The molecule has 26 heavy (non-hydrogen) atoms. The first-order valence-corrected chi connectivity index (χ1v) is 8.33. The molecule has 2 aromatic rings. The summed E-state index contributed by atoms with van der Waals surface area (Å²) in [7, 11) is 0. The summed E-state index contributed by atoms with van der Waals surface area (Å²) >= 11 is 0. The van der Waals surface area contributed by atoms with E-state index in [0.717, 1.165) is 6.29 Å². The maximum Gasteiger partial charge on any atom is 0.270 e. The molecule has 0 aromatic heterocycles. The fourth-order valence-electron chi connectivity index (χ4n) is 2.98. The van der Waals surface area contributed by atoms with Crippen LogP contribution < -0.4 is 4.74 Å². The number of hydrogen-bond acceptors (Lipinski definition) is 5. The van der Waals surface area contributed by atoms with Crippen molar-refractivity contribution in [2.45, 2.75) is 18.9 Å². The molecule has 2 aromatic carbocycles. The molecule has 0 spiro atoms. The molecule has 1 aliphatic heterocycles. The predicted molar refractivity (Wildman–Crippen MR) is 94.5 cm³/mol. The molecule has 0 unspecified atom stereocenters. The lowest BCUT2D eigenvalue weighted by molar-refractivity contribution is -0.384. The summed E-state index contributed by atoms with van der Waals surface area (Å²) in [6.45, 7) is 0.991. The highest BCUT2D eigenvalue weighted by Gasteiger charge is 2.26. The standard InChI is InChI=1S/C19H18N2O5/c22-13-15-4-1-2-7-18(15)26-17-8-10-20(11-9-17)19(23)14-5-3-6-16(12-14)21(24)25/h1-7,12-13,17H,8-11H2. The zero-order valence-corrected chi connectivity index (χ0v) is 14.0. The highest BCUT2D eigenvalue weighted by molar-refractivity contribution is 5.94. The molecular formula is C19H18N2O5. The number of aldehydes is 1. The molecule has 7 nitrogen and oxygen atoms in total. The van der Waals surface area contributed by atoms with Gasteiger partial charge >= 0.3 is 0 Å². The molecule has 134 valence electrons. The molecule has 1 aliphatic rings. The Balaban J connectivity index is 1.61. The van der Waals surface area contributed by atoms with Crippen LogP contribution in [0.15, 0.2) is 48.5 Å². The maximum atomic E-state index is 12.6. The number of carbonyl (C=O) groups is 2. The van der Waals surface area contributed by atoms with Crippen LogP contribution in [0.25, 0.3) is 0 Å². The van der Waals surface area contributed by atoms with E-state index in [2.05, 4.69) is 0 Å². The van der Waals surface area contributed by atoms with Gasteiger partial charge in [-0.05, 0) is 18.2 Å². The first-order chi connectivity index (χ1) is 12.6. The fourth-order valence-corrected chi connectivity index (χ4v) is 2.98. The van der Waals surface area contributed by atoms with Gasteiger partial charge in [0.1, 0.15) is 11.9 Å². The highest BCUT2D eigenvalue weighted by atomic mass is 16.6. The number of benzene rings is 2. The average molecular weight is 354 g/mol. The van der Waals surface area contributed by atoms with E-state index in [-0.39, 0.29) is 17.7 Å². The SMILES string of the molecule is O=Cc1ccccc1OC1CCN(C(=O)c2cccc([N+](=O)[O-])c2)CC1. The third-order valence-electron chi connectivity index (χ3n) is 4.37. The Kier molecular flexibility index (Phi) is 5.26. The van der Waals surface area contributed by atoms with Crippen molar-refractivity contribution in [1.29, 1.82) is 0 Å². The molecule has 1 saturated heterocycles. The number of rotatable bonds is 5. The Morgan fingerprint density at radius 1 is 1.15 bits per heavy atom. The lowest BCUT2D eigenvalue weighted by Gasteiger charge is -2.32. The monoisotopic (exact) mass is 354 g/mol. The van der Waals surface area contributed by atoms with Gasteiger partial charge in [-0.15, -0.1) is 0 Å². The van der Waals surface area contributed by atoms with Crippen molar-refractivity contribution in [1.82, 2.24) is 4.90 Å². The molecule has 7 heteroatoms. The minimum Gasteiger partial charge on any atom is -0.490 e. The summed E-state index contributed by atoms with van der Waals surface area (Å²) in [6.07, 6.45) is 1.95. The second-order valence-electron chi connectivity index (χ2n) is 6.07. The third-order valence-corrected chi connectivity index (χ3v) is 4.37. The molecular weight excluding hydrogens is 336 g/mol. The minimum absolute atomic E-state index is 0.0785. The Bertz CT molecular complexity index is 828. The van der Waals surface area contributed by atoms with Crippen LogP contribution in [0.5, 0.6) is 5.75 Å². The molecule has 3 rings (SSSR count). The van der Waals surface area contributed by atoms with E-state index in [1.165, 1.54) is 18.2 Å². The van der Waals surface area contributed by atoms with Gasteiger partial charge in [0.2, 0.25) is 0 Å². The Morgan fingerprint density at radius 3 is 2.58 bits per heavy atom. The van der Waals surface area contributed by atoms with Crippen molar-refractivity contribution < 1.29 is 19.2 Å². The number of nitrogens with zero attached hydrogens (tertiary/aromatic N) is 2. The van der Waals surface area contributed by atoms with Crippen LogP contribution >= 0.6 is 0 Å². The van der Waals surface area contributed by atoms with Crippen LogP contribution in [0.3, 0.4) is 0 Å². The number of nitro groups is 1. The number of para-hydroxylation sites is 1. The second-order valence-corrected chi connectivity index (χ2v) is 6.07. The molecule has 0 aliphatic carbocycles. The van der Waals surface area contributed by atoms with Crippen LogP contribution in [0.2, 0.25) is 0 Å². The largest absolute Gasteiger partial charge is 0.490 e. The van der Waals surface area contributed by atoms with Crippen LogP contribution in [0.1, 0.15) is 33.6 Å². The number of non-ortho nitro benzene ring substituents is 1. The quantitative estimate of drug-likeness (QED) is 0.467. The molecule has 0 radical (unpaired) electrons. The summed E-state index contributed by atoms with van der Waals surface area (Å²) in [5.41, 5.74) is 0.715. The van der Waals surface area contributed by atoms with Crippen molar-refractivity contribution in [2.24, 2.45) is 0 Å². The van der Waals surface area contributed by atoms with Crippen LogP contribution in [-0.2, 0) is 0 Å². The number of amides is 1. The van der Waals surface area contributed by atoms with E-state index in [1.807, 2.05) is 6.07 Å². The van der Waals surface area contributed by atoms with Crippen LogP contribution in [0.4, 0.5) is 5.69 Å². The van der Waals surface area contributed by atoms with Gasteiger partial charge < -0.3 is 9.64 Å². The topological polar surface area (TPSA) is 89.8 Å². The predicted octanol–water partition coefficient (Wildman–Crippen LogP) is 3.09. The van der Waals surface area contributed by atoms with Gasteiger partial charge in [0, 0.05) is 43.6 Å². The van der Waals surface area contributed by atoms with Crippen molar-refractivity contribution in [3.8, 4) is 5.75 Å². The van der Waals surface area contributed by atoms with Gasteiger partial charge in [-0.2, -0.15) is 0 Å². The van der Waals surface area contributed by atoms with Gasteiger partial charge in [-0.1, -0.05) is 18.2 Å². The summed E-state index contributed by atoms with van der Waals surface area (Å²) in [4.78, 5) is 35.6. The third kappa shape index (κ3) is 3.88. The molecule has 0 atom stereocenters. The maximum absolute atomic E-state index is 12.6. The second kappa shape index (κ2) is 7.77. The van der Waals surface area contributed by atoms with E-state index in [4.69, 9.17) is 4.74 Å². The smallest absolute Gasteiger partial charge is 0.270 e. The number of carbonyl (C=O) groups excluding carboxylic acids is 2. The normalized spacial score (nSPS) is 14.7. The van der Waals surface area contributed by atoms with Gasteiger partial charge in [0.25, 0.3) is 11.6 Å².